The number of aliphatic carboxylic acids is 1. The highest BCUT2D eigenvalue weighted by Gasteiger charge is 2.41. The molecule has 0 bridgehead atoms. The average Bonchev–Trinajstić information content (AvgIpc) is 3.00. The molecule has 19 heavy (non-hydrogen) atoms. The third kappa shape index (κ3) is 2.51. The molecule has 0 aromatic rings. The van der Waals surface area contributed by atoms with Crippen LogP contribution in [0.3, 0.4) is 0 Å². The zero-order chi connectivity index (χ0) is 13.4. The molecule has 5 heteroatoms. The van der Waals surface area contributed by atoms with E-state index in [4.69, 9.17) is 5.11 Å². The van der Waals surface area contributed by atoms with Crippen molar-refractivity contribution in [1.29, 1.82) is 0 Å². The van der Waals surface area contributed by atoms with Gasteiger partial charge in [0.15, 0.2) is 0 Å². The van der Waals surface area contributed by atoms with Crippen LogP contribution >= 0.6 is 0 Å². The number of nitrogens with zero attached hydrogens (tertiary/aromatic N) is 3. The molecule has 3 aliphatic rings. The van der Waals surface area contributed by atoms with Gasteiger partial charge in [-0.05, 0) is 32.7 Å². The number of piperazine rings is 1. The summed E-state index contributed by atoms with van der Waals surface area (Å²) in [6.07, 6.45) is 4.02. The van der Waals surface area contributed by atoms with Crippen LogP contribution in [0.4, 0.5) is 0 Å². The smallest absolute Gasteiger partial charge is 0.320 e. The minimum atomic E-state index is -0.698. The number of carboxylic acid groups (broad SMARTS) is 1. The molecule has 0 amide bonds. The van der Waals surface area contributed by atoms with Gasteiger partial charge in [-0.15, -0.1) is 0 Å². The topological polar surface area (TPSA) is 47.0 Å². The molecule has 3 heterocycles. The van der Waals surface area contributed by atoms with Gasteiger partial charge >= 0.3 is 5.97 Å². The molecule has 0 aliphatic carbocycles. The third-order valence-electron chi connectivity index (χ3n) is 5.29. The second-order valence-electron chi connectivity index (χ2n) is 6.19. The fourth-order valence-electron chi connectivity index (χ4n) is 4.09. The van der Waals surface area contributed by atoms with Crippen LogP contribution < -0.4 is 0 Å². The molecule has 108 valence electrons. The molecule has 0 radical (unpaired) electrons. The molecule has 0 spiro atoms. The monoisotopic (exact) mass is 267 g/mol. The summed E-state index contributed by atoms with van der Waals surface area (Å²) in [6.45, 7) is 8.22. The number of hydrogen-bond donors (Lipinski definition) is 1. The molecule has 3 atom stereocenters. The Morgan fingerprint density at radius 1 is 1.00 bits per heavy atom. The Morgan fingerprint density at radius 3 is 2.32 bits per heavy atom. The zero-order valence-corrected chi connectivity index (χ0v) is 11.8. The van der Waals surface area contributed by atoms with Crippen LogP contribution in [0.1, 0.15) is 26.2 Å². The second-order valence-corrected chi connectivity index (χ2v) is 6.19. The Labute approximate surface area is 115 Å². The van der Waals surface area contributed by atoms with Crippen molar-refractivity contribution in [2.45, 2.75) is 44.3 Å². The first kappa shape index (κ1) is 13.3. The second kappa shape index (κ2) is 5.38. The Kier molecular flexibility index (Phi) is 3.78. The summed E-state index contributed by atoms with van der Waals surface area (Å²) in [4.78, 5) is 18.4. The van der Waals surface area contributed by atoms with Crippen LogP contribution in [0, 0.1) is 0 Å². The average molecular weight is 267 g/mol. The lowest BCUT2D eigenvalue weighted by atomic mass is 10.0. The number of carboxylic acids is 1. The van der Waals surface area contributed by atoms with Crippen molar-refractivity contribution < 1.29 is 9.90 Å². The molecular weight excluding hydrogens is 242 g/mol. The summed E-state index contributed by atoms with van der Waals surface area (Å²) in [5, 5.41) is 9.07. The zero-order valence-electron chi connectivity index (χ0n) is 11.8. The summed E-state index contributed by atoms with van der Waals surface area (Å²) in [7, 11) is 0. The maximum atomic E-state index is 11.0. The lowest BCUT2D eigenvalue weighted by molar-refractivity contribution is -0.143. The summed E-state index contributed by atoms with van der Waals surface area (Å²) in [5.41, 5.74) is 0. The van der Waals surface area contributed by atoms with Crippen molar-refractivity contribution >= 4 is 5.97 Å². The molecule has 3 rings (SSSR count). The van der Waals surface area contributed by atoms with Crippen LogP contribution in [0.2, 0.25) is 0 Å². The molecular formula is C14H25N3O2. The molecule has 0 saturated carbocycles. The largest absolute Gasteiger partial charge is 0.480 e. The molecule has 0 aromatic heterocycles. The van der Waals surface area contributed by atoms with Crippen LogP contribution in [0.25, 0.3) is 0 Å². The molecule has 5 nitrogen and oxygen atoms in total. The minimum Gasteiger partial charge on any atom is -0.480 e. The number of rotatable bonds is 3. The Hall–Kier alpha value is -0.650. The summed E-state index contributed by atoms with van der Waals surface area (Å²) in [6, 6.07) is 1.17. The van der Waals surface area contributed by atoms with Crippen LogP contribution in [-0.2, 0) is 4.79 Å². The molecule has 0 aromatic carbocycles. The Morgan fingerprint density at radius 2 is 1.63 bits per heavy atom. The maximum absolute atomic E-state index is 11.0. The van der Waals surface area contributed by atoms with Crippen molar-refractivity contribution in [3.8, 4) is 0 Å². The molecule has 3 fully saturated rings. The van der Waals surface area contributed by atoms with Gasteiger partial charge in [-0.25, -0.2) is 0 Å². The van der Waals surface area contributed by atoms with Gasteiger partial charge in [0.25, 0.3) is 0 Å². The van der Waals surface area contributed by atoms with Crippen molar-refractivity contribution in [1.82, 2.24) is 14.7 Å². The van der Waals surface area contributed by atoms with E-state index < -0.39 is 5.97 Å². The molecule has 3 saturated heterocycles. The van der Waals surface area contributed by atoms with Gasteiger partial charge in [0, 0.05) is 44.8 Å². The Balaban J connectivity index is 1.54. The van der Waals surface area contributed by atoms with Gasteiger partial charge in [0.2, 0.25) is 0 Å². The minimum absolute atomic E-state index is 0.339. The van der Waals surface area contributed by atoms with E-state index in [1.165, 1.54) is 32.4 Å². The first-order valence-electron chi connectivity index (χ1n) is 7.62. The van der Waals surface area contributed by atoms with Crippen molar-refractivity contribution in [2.75, 3.05) is 39.3 Å². The first-order valence-corrected chi connectivity index (χ1v) is 7.62. The van der Waals surface area contributed by atoms with E-state index in [9.17, 15) is 4.79 Å². The molecule has 3 unspecified atom stereocenters. The van der Waals surface area contributed by atoms with Crippen molar-refractivity contribution in [2.24, 2.45) is 0 Å². The third-order valence-corrected chi connectivity index (χ3v) is 5.29. The van der Waals surface area contributed by atoms with E-state index in [2.05, 4.69) is 14.7 Å². The Bertz CT molecular complexity index is 342. The lowest BCUT2D eigenvalue weighted by Gasteiger charge is -2.41. The van der Waals surface area contributed by atoms with Gasteiger partial charge in [-0.2, -0.15) is 0 Å². The highest BCUT2D eigenvalue weighted by molar-refractivity contribution is 5.72. The fourth-order valence-corrected chi connectivity index (χ4v) is 4.09. The van der Waals surface area contributed by atoms with E-state index in [-0.39, 0.29) is 6.04 Å². The van der Waals surface area contributed by atoms with Gasteiger partial charge in [-0.1, -0.05) is 0 Å². The van der Waals surface area contributed by atoms with Gasteiger partial charge in [0.1, 0.15) is 6.04 Å². The summed E-state index contributed by atoms with van der Waals surface area (Å²) in [5.74, 6) is -0.698. The number of carbonyl (C=O) groups is 1. The van der Waals surface area contributed by atoms with Gasteiger partial charge < -0.3 is 5.11 Å². The first-order chi connectivity index (χ1) is 9.16. The van der Waals surface area contributed by atoms with E-state index in [0.717, 1.165) is 38.3 Å². The normalized spacial score (nSPS) is 35.4. The number of fused-ring (bicyclic) bond motifs is 1. The predicted octanol–water partition coefficient (Wildman–Crippen LogP) is 0.314. The van der Waals surface area contributed by atoms with Gasteiger partial charge in [0.05, 0.1) is 0 Å². The van der Waals surface area contributed by atoms with E-state index >= 15 is 0 Å². The molecule has 1 N–H and O–H groups in total. The van der Waals surface area contributed by atoms with Gasteiger partial charge in [-0.3, -0.25) is 19.5 Å². The van der Waals surface area contributed by atoms with Crippen molar-refractivity contribution in [3.05, 3.63) is 0 Å². The highest BCUT2D eigenvalue weighted by Crippen LogP contribution is 2.31. The summed E-state index contributed by atoms with van der Waals surface area (Å²) >= 11 is 0. The SMILES string of the molecule is CC(C(=O)O)N1CCN(C2CCN3CCCC23)CC1. The number of hydrogen-bond acceptors (Lipinski definition) is 4. The fraction of sp³-hybridized carbons (Fsp3) is 0.929. The highest BCUT2D eigenvalue weighted by atomic mass is 16.4. The predicted molar refractivity (Wildman–Crippen MR) is 73.2 cm³/mol. The van der Waals surface area contributed by atoms with E-state index in [1.807, 2.05) is 0 Å². The quantitative estimate of drug-likeness (QED) is 0.797. The van der Waals surface area contributed by atoms with E-state index in [0.29, 0.717) is 0 Å². The standard InChI is InChI=1S/C14H25N3O2/c1-11(14(18)19)15-7-9-17(10-8-15)13-4-6-16-5-2-3-12(13)16/h11-13H,2-10H2,1H3,(H,18,19). The molecule has 3 aliphatic heterocycles. The maximum Gasteiger partial charge on any atom is 0.320 e. The summed E-state index contributed by atoms with van der Waals surface area (Å²) < 4.78 is 0. The van der Waals surface area contributed by atoms with Crippen molar-refractivity contribution in [3.63, 3.8) is 0 Å². The van der Waals surface area contributed by atoms with Crippen LogP contribution in [0.15, 0.2) is 0 Å². The van der Waals surface area contributed by atoms with Crippen LogP contribution in [0.5, 0.6) is 0 Å². The van der Waals surface area contributed by atoms with E-state index in [1.54, 1.807) is 6.92 Å². The van der Waals surface area contributed by atoms with Crippen LogP contribution in [-0.4, -0.2) is 83.2 Å². The lowest BCUT2D eigenvalue weighted by Crippen LogP contribution is -2.55.